The lowest BCUT2D eigenvalue weighted by Crippen LogP contribution is -2.41. The first-order valence-electron chi connectivity index (χ1n) is 4.56. The topological polar surface area (TPSA) is 60.2 Å². The summed E-state index contributed by atoms with van der Waals surface area (Å²) >= 11 is 0. The molecule has 0 radical (unpaired) electrons. The quantitative estimate of drug-likeness (QED) is 0.756. The second-order valence-electron chi connectivity index (χ2n) is 4.80. The van der Waals surface area contributed by atoms with Gasteiger partial charge in [0, 0.05) is 6.04 Å². The highest BCUT2D eigenvalue weighted by atomic mass is 32.2. The Hall–Kier alpha value is -0.0900. The standard InChI is InChI=1S/C9H21NO2S/c1-7(2)8(10)6-13(11,12)9(3,4)5/h7-8H,6,10H2,1-5H3/t8-/m1/s1. The third-order valence-corrected chi connectivity index (χ3v) is 4.89. The van der Waals surface area contributed by atoms with Crippen LogP contribution in [-0.4, -0.2) is 25.0 Å². The van der Waals surface area contributed by atoms with Crippen LogP contribution in [0.15, 0.2) is 0 Å². The van der Waals surface area contributed by atoms with Crippen LogP contribution in [0.3, 0.4) is 0 Å². The maximum atomic E-state index is 11.7. The second kappa shape index (κ2) is 3.96. The van der Waals surface area contributed by atoms with Crippen LogP contribution in [0.5, 0.6) is 0 Å². The summed E-state index contributed by atoms with van der Waals surface area (Å²) < 4.78 is 22.7. The van der Waals surface area contributed by atoms with Crippen LogP contribution in [0, 0.1) is 5.92 Å². The summed E-state index contributed by atoms with van der Waals surface area (Å²) in [6, 6.07) is -0.260. The number of hydrogen-bond donors (Lipinski definition) is 1. The minimum absolute atomic E-state index is 0.0775. The lowest BCUT2D eigenvalue weighted by atomic mass is 10.1. The highest BCUT2D eigenvalue weighted by Crippen LogP contribution is 2.17. The fourth-order valence-electron chi connectivity index (χ4n) is 0.696. The Labute approximate surface area is 81.6 Å². The minimum Gasteiger partial charge on any atom is -0.327 e. The first-order valence-corrected chi connectivity index (χ1v) is 6.21. The fraction of sp³-hybridized carbons (Fsp3) is 1.00. The third kappa shape index (κ3) is 3.65. The Kier molecular flexibility index (Phi) is 3.94. The van der Waals surface area contributed by atoms with Gasteiger partial charge in [-0.05, 0) is 26.7 Å². The molecule has 3 nitrogen and oxygen atoms in total. The van der Waals surface area contributed by atoms with Crippen molar-refractivity contribution in [2.24, 2.45) is 11.7 Å². The first-order chi connectivity index (χ1) is 5.58. The summed E-state index contributed by atoms with van der Waals surface area (Å²) in [4.78, 5) is 0. The predicted molar refractivity (Wildman–Crippen MR) is 56.4 cm³/mol. The predicted octanol–water partition coefficient (Wildman–Crippen LogP) is 1.18. The van der Waals surface area contributed by atoms with Crippen LogP contribution < -0.4 is 5.73 Å². The van der Waals surface area contributed by atoms with Gasteiger partial charge >= 0.3 is 0 Å². The molecule has 13 heavy (non-hydrogen) atoms. The molecule has 0 rings (SSSR count). The molecule has 2 N–H and O–H groups in total. The first kappa shape index (κ1) is 12.9. The Morgan fingerprint density at radius 3 is 1.85 bits per heavy atom. The highest BCUT2D eigenvalue weighted by Gasteiger charge is 2.31. The van der Waals surface area contributed by atoms with Crippen molar-refractivity contribution in [1.29, 1.82) is 0 Å². The molecular formula is C9H21NO2S. The van der Waals surface area contributed by atoms with Crippen LogP contribution in [0.25, 0.3) is 0 Å². The summed E-state index contributed by atoms with van der Waals surface area (Å²) in [5.74, 6) is 0.283. The highest BCUT2D eigenvalue weighted by molar-refractivity contribution is 7.92. The third-order valence-electron chi connectivity index (χ3n) is 2.20. The Morgan fingerprint density at radius 1 is 1.23 bits per heavy atom. The maximum absolute atomic E-state index is 11.7. The van der Waals surface area contributed by atoms with Crippen molar-refractivity contribution in [3.63, 3.8) is 0 Å². The van der Waals surface area contributed by atoms with Gasteiger partial charge < -0.3 is 5.73 Å². The minimum atomic E-state index is -3.07. The monoisotopic (exact) mass is 207 g/mol. The maximum Gasteiger partial charge on any atom is 0.156 e. The molecule has 0 aromatic rings. The molecule has 0 unspecified atom stereocenters. The summed E-state index contributed by atoms with van der Waals surface area (Å²) in [5.41, 5.74) is 5.72. The molecule has 0 spiro atoms. The lowest BCUT2D eigenvalue weighted by molar-refractivity contribution is 0.504. The van der Waals surface area contributed by atoms with Gasteiger partial charge in [-0.1, -0.05) is 13.8 Å². The molecule has 0 heterocycles. The van der Waals surface area contributed by atoms with E-state index >= 15 is 0 Å². The van der Waals surface area contributed by atoms with Gasteiger partial charge in [-0.2, -0.15) is 0 Å². The van der Waals surface area contributed by atoms with Gasteiger partial charge in [0.1, 0.15) is 0 Å². The average Bonchev–Trinajstić information content (AvgIpc) is 1.83. The van der Waals surface area contributed by atoms with Crippen molar-refractivity contribution >= 4 is 9.84 Å². The number of hydrogen-bond acceptors (Lipinski definition) is 3. The Morgan fingerprint density at radius 2 is 1.62 bits per heavy atom. The van der Waals surface area contributed by atoms with Gasteiger partial charge in [0.15, 0.2) is 9.84 Å². The van der Waals surface area contributed by atoms with Crippen LogP contribution in [0.2, 0.25) is 0 Å². The van der Waals surface area contributed by atoms with Gasteiger partial charge in [0.25, 0.3) is 0 Å². The van der Waals surface area contributed by atoms with E-state index in [1.54, 1.807) is 20.8 Å². The van der Waals surface area contributed by atoms with E-state index in [1.165, 1.54) is 0 Å². The molecule has 0 saturated heterocycles. The van der Waals surface area contributed by atoms with E-state index in [1.807, 2.05) is 13.8 Å². The van der Waals surface area contributed by atoms with Crippen LogP contribution >= 0.6 is 0 Å². The van der Waals surface area contributed by atoms with E-state index in [-0.39, 0.29) is 17.7 Å². The van der Waals surface area contributed by atoms with Gasteiger partial charge in [-0.25, -0.2) is 8.42 Å². The summed E-state index contributed by atoms with van der Waals surface area (Å²) in [7, 11) is -3.07. The van der Waals surface area contributed by atoms with E-state index in [0.717, 1.165) is 0 Å². The molecule has 4 heteroatoms. The molecule has 1 atom stereocenters. The smallest absolute Gasteiger partial charge is 0.156 e. The SMILES string of the molecule is CC(C)[C@H](N)CS(=O)(=O)C(C)(C)C. The number of nitrogens with two attached hydrogens (primary N) is 1. The molecule has 0 aliphatic rings. The molecule has 0 amide bonds. The molecule has 0 fully saturated rings. The molecule has 0 aromatic carbocycles. The van der Waals surface area contributed by atoms with Crippen molar-refractivity contribution in [2.75, 3.05) is 5.75 Å². The zero-order valence-corrected chi connectivity index (χ0v) is 9.98. The Bertz CT molecular complexity index is 249. The van der Waals surface area contributed by atoms with E-state index in [4.69, 9.17) is 5.73 Å². The van der Waals surface area contributed by atoms with Gasteiger partial charge in [-0.15, -0.1) is 0 Å². The Balaban J connectivity index is 4.55. The second-order valence-corrected chi connectivity index (χ2v) is 7.59. The lowest BCUT2D eigenvalue weighted by Gasteiger charge is -2.23. The molecule has 0 aliphatic carbocycles. The molecule has 0 bridgehead atoms. The van der Waals surface area contributed by atoms with Crippen molar-refractivity contribution in [2.45, 2.75) is 45.4 Å². The summed E-state index contributed by atoms with van der Waals surface area (Å²) in [6.07, 6.45) is 0. The molecule has 80 valence electrons. The fourth-order valence-corrected chi connectivity index (χ4v) is 2.09. The van der Waals surface area contributed by atoms with E-state index < -0.39 is 14.6 Å². The molecule has 0 aliphatic heterocycles. The van der Waals surface area contributed by atoms with Gasteiger partial charge in [0.05, 0.1) is 10.5 Å². The van der Waals surface area contributed by atoms with Crippen molar-refractivity contribution in [3.8, 4) is 0 Å². The van der Waals surface area contributed by atoms with Crippen molar-refractivity contribution in [1.82, 2.24) is 0 Å². The van der Waals surface area contributed by atoms with Crippen molar-refractivity contribution < 1.29 is 8.42 Å². The van der Waals surface area contributed by atoms with E-state index in [0.29, 0.717) is 0 Å². The van der Waals surface area contributed by atoms with Gasteiger partial charge in [0.2, 0.25) is 0 Å². The van der Waals surface area contributed by atoms with Crippen LogP contribution in [0.4, 0.5) is 0 Å². The zero-order chi connectivity index (χ0) is 10.9. The average molecular weight is 207 g/mol. The number of rotatable bonds is 3. The molecule has 0 aromatic heterocycles. The molecule has 0 saturated carbocycles. The van der Waals surface area contributed by atoms with Crippen LogP contribution in [-0.2, 0) is 9.84 Å². The summed E-state index contributed by atoms with van der Waals surface area (Å²) in [6.45, 7) is 8.98. The van der Waals surface area contributed by atoms with E-state index in [9.17, 15) is 8.42 Å². The largest absolute Gasteiger partial charge is 0.327 e. The van der Waals surface area contributed by atoms with Gasteiger partial charge in [-0.3, -0.25) is 0 Å². The van der Waals surface area contributed by atoms with E-state index in [2.05, 4.69) is 0 Å². The normalized spacial score (nSPS) is 16.2. The summed E-state index contributed by atoms with van der Waals surface area (Å²) in [5, 5.41) is 0. The van der Waals surface area contributed by atoms with Crippen molar-refractivity contribution in [3.05, 3.63) is 0 Å². The number of sulfone groups is 1. The van der Waals surface area contributed by atoms with Crippen LogP contribution in [0.1, 0.15) is 34.6 Å². The molecular weight excluding hydrogens is 186 g/mol. The zero-order valence-electron chi connectivity index (χ0n) is 9.16.